The van der Waals surface area contributed by atoms with E-state index in [4.69, 9.17) is 0 Å². The third kappa shape index (κ3) is 6.97. The third-order valence-corrected chi connectivity index (χ3v) is 4.91. The number of hydrogen-bond donors (Lipinski definition) is 3. The average molecular weight is 436 g/mol. The van der Waals surface area contributed by atoms with Crippen molar-refractivity contribution in [3.8, 4) is 0 Å². The molecule has 1 aliphatic carbocycles. The molecule has 1 heterocycles. The Balaban J connectivity index is 0.00000264. The molecule has 134 valence electrons. The quantitative estimate of drug-likeness (QED) is 0.268. The fraction of sp³-hybridized carbons (Fsp3) is 0.824. The van der Waals surface area contributed by atoms with E-state index in [2.05, 4.69) is 27.1 Å². The monoisotopic (exact) mass is 436 g/mol. The lowest BCUT2D eigenvalue weighted by Gasteiger charge is -2.34. The summed E-state index contributed by atoms with van der Waals surface area (Å²) in [5, 5.41) is 17.4. The minimum Gasteiger partial charge on any atom is -0.388 e. The van der Waals surface area contributed by atoms with Gasteiger partial charge in [0, 0.05) is 39.3 Å². The summed E-state index contributed by atoms with van der Waals surface area (Å²) in [6, 6.07) is 0.466. The van der Waals surface area contributed by atoms with Gasteiger partial charge in [-0.2, -0.15) is 0 Å². The van der Waals surface area contributed by atoms with Crippen LogP contribution in [0.15, 0.2) is 17.6 Å². The number of halogens is 1. The molecule has 3 N–H and O–H groups in total. The number of piperidine rings is 1. The van der Waals surface area contributed by atoms with Crippen molar-refractivity contribution in [2.24, 2.45) is 4.99 Å². The van der Waals surface area contributed by atoms with Gasteiger partial charge in [0.1, 0.15) is 0 Å². The van der Waals surface area contributed by atoms with Gasteiger partial charge in [-0.1, -0.05) is 25.3 Å². The van der Waals surface area contributed by atoms with Crippen molar-refractivity contribution in [3.63, 3.8) is 0 Å². The minimum atomic E-state index is -0.552. The van der Waals surface area contributed by atoms with Crippen LogP contribution in [0.1, 0.15) is 44.9 Å². The number of nitrogens with zero attached hydrogens (tertiary/aromatic N) is 2. The summed E-state index contributed by atoms with van der Waals surface area (Å²) >= 11 is 0. The summed E-state index contributed by atoms with van der Waals surface area (Å²) in [6.45, 7) is 7.58. The number of rotatable bonds is 5. The predicted octanol–water partition coefficient (Wildman–Crippen LogP) is 2.11. The molecular weight excluding hydrogens is 403 g/mol. The molecule has 1 saturated carbocycles. The largest absolute Gasteiger partial charge is 0.388 e. The zero-order valence-corrected chi connectivity index (χ0v) is 16.7. The van der Waals surface area contributed by atoms with Crippen LogP contribution >= 0.6 is 24.0 Å². The number of hydrogen-bond acceptors (Lipinski definition) is 3. The van der Waals surface area contributed by atoms with Crippen molar-refractivity contribution >= 4 is 29.9 Å². The smallest absolute Gasteiger partial charge is 0.191 e. The molecule has 0 radical (unpaired) electrons. The molecule has 1 saturated heterocycles. The van der Waals surface area contributed by atoms with Crippen LogP contribution < -0.4 is 10.6 Å². The molecule has 2 rings (SSSR count). The second kappa shape index (κ2) is 10.5. The molecule has 0 spiro atoms. The first kappa shape index (κ1) is 20.7. The second-order valence-corrected chi connectivity index (χ2v) is 6.72. The van der Waals surface area contributed by atoms with Crippen LogP contribution in [0, 0.1) is 0 Å². The van der Waals surface area contributed by atoms with Crippen molar-refractivity contribution in [2.45, 2.75) is 56.6 Å². The fourth-order valence-electron chi connectivity index (χ4n) is 3.47. The first-order chi connectivity index (χ1) is 10.6. The molecule has 0 unspecified atom stereocenters. The molecule has 0 aromatic rings. The molecule has 6 heteroatoms. The van der Waals surface area contributed by atoms with Crippen molar-refractivity contribution in [3.05, 3.63) is 12.7 Å². The molecule has 23 heavy (non-hydrogen) atoms. The van der Waals surface area contributed by atoms with Crippen molar-refractivity contribution in [1.29, 1.82) is 0 Å². The molecule has 0 amide bonds. The second-order valence-electron chi connectivity index (χ2n) is 6.72. The van der Waals surface area contributed by atoms with Crippen LogP contribution in [-0.4, -0.2) is 60.8 Å². The Bertz CT molecular complexity index is 375. The molecule has 0 aromatic carbocycles. The number of likely N-dealkylation sites (tertiary alicyclic amines) is 1. The third-order valence-electron chi connectivity index (χ3n) is 4.91. The maximum absolute atomic E-state index is 10.6. The normalized spacial score (nSPS) is 23.0. The van der Waals surface area contributed by atoms with Crippen molar-refractivity contribution in [1.82, 2.24) is 15.5 Å². The zero-order valence-electron chi connectivity index (χ0n) is 14.4. The topological polar surface area (TPSA) is 59.9 Å². The summed E-state index contributed by atoms with van der Waals surface area (Å²) in [4.78, 5) is 6.73. The Hall–Kier alpha value is -0.340. The van der Waals surface area contributed by atoms with E-state index < -0.39 is 5.60 Å². The fourth-order valence-corrected chi connectivity index (χ4v) is 3.47. The molecule has 0 aromatic heterocycles. The van der Waals surface area contributed by atoms with Crippen LogP contribution in [-0.2, 0) is 0 Å². The van der Waals surface area contributed by atoms with E-state index in [1.54, 1.807) is 7.05 Å². The lowest BCUT2D eigenvalue weighted by molar-refractivity contribution is 0.00853. The highest BCUT2D eigenvalue weighted by Gasteiger charge is 2.29. The zero-order chi connectivity index (χ0) is 15.8. The Morgan fingerprint density at radius 3 is 2.52 bits per heavy atom. The Morgan fingerprint density at radius 2 is 1.96 bits per heavy atom. The molecule has 2 fully saturated rings. The predicted molar refractivity (Wildman–Crippen MR) is 108 cm³/mol. The van der Waals surface area contributed by atoms with Gasteiger partial charge in [-0.25, -0.2) is 0 Å². The van der Waals surface area contributed by atoms with E-state index in [1.807, 2.05) is 6.08 Å². The van der Waals surface area contributed by atoms with Gasteiger partial charge in [0.05, 0.1) is 5.60 Å². The van der Waals surface area contributed by atoms with Gasteiger partial charge in [0.15, 0.2) is 5.96 Å². The van der Waals surface area contributed by atoms with Crippen LogP contribution in [0.4, 0.5) is 0 Å². The van der Waals surface area contributed by atoms with Crippen LogP contribution in [0.3, 0.4) is 0 Å². The average Bonchev–Trinajstić information content (AvgIpc) is 2.54. The van der Waals surface area contributed by atoms with Gasteiger partial charge in [-0.3, -0.25) is 9.89 Å². The highest BCUT2D eigenvalue weighted by molar-refractivity contribution is 14.0. The van der Waals surface area contributed by atoms with E-state index in [-0.39, 0.29) is 24.0 Å². The summed E-state index contributed by atoms with van der Waals surface area (Å²) < 4.78 is 0. The van der Waals surface area contributed by atoms with E-state index in [1.165, 1.54) is 6.42 Å². The number of guanidine groups is 1. The number of aliphatic hydroxyl groups is 1. The van der Waals surface area contributed by atoms with Gasteiger partial charge in [-0.15, -0.1) is 30.6 Å². The van der Waals surface area contributed by atoms with Crippen molar-refractivity contribution < 1.29 is 5.11 Å². The lowest BCUT2D eigenvalue weighted by atomic mass is 9.85. The maximum atomic E-state index is 10.6. The highest BCUT2D eigenvalue weighted by atomic mass is 127. The minimum absolute atomic E-state index is 0. The van der Waals surface area contributed by atoms with E-state index in [0.717, 1.165) is 64.1 Å². The molecule has 0 bridgehead atoms. The molecule has 1 aliphatic heterocycles. The van der Waals surface area contributed by atoms with Crippen LogP contribution in [0.5, 0.6) is 0 Å². The SMILES string of the molecule is C=CCN1CCC(NC(=NC)NCC2(O)CCCCC2)CC1.I. The van der Waals surface area contributed by atoms with Gasteiger partial charge >= 0.3 is 0 Å². The first-order valence-electron chi connectivity index (χ1n) is 8.68. The summed E-state index contributed by atoms with van der Waals surface area (Å²) in [5.74, 6) is 0.821. The highest BCUT2D eigenvalue weighted by Crippen LogP contribution is 2.27. The Morgan fingerprint density at radius 1 is 1.30 bits per heavy atom. The van der Waals surface area contributed by atoms with E-state index in [0.29, 0.717) is 12.6 Å². The Kier molecular flexibility index (Phi) is 9.46. The van der Waals surface area contributed by atoms with Gasteiger partial charge in [0.2, 0.25) is 0 Å². The van der Waals surface area contributed by atoms with E-state index >= 15 is 0 Å². The number of aliphatic imine (C=N–C) groups is 1. The van der Waals surface area contributed by atoms with Crippen LogP contribution in [0.25, 0.3) is 0 Å². The molecular formula is C17H33IN4O. The summed E-state index contributed by atoms with van der Waals surface area (Å²) in [6.07, 6.45) is 9.53. The van der Waals surface area contributed by atoms with Gasteiger partial charge < -0.3 is 15.7 Å². The molecule has 2 aliphatic rings. The first-order valence-corrected chi connectivity index (χ1v) is 8.68. The van der Waals surface area contributed by atoms with Gasteiger partial charge in [0.25, 0.3) is 0 Å². The lowest BCUT2D eigenvalue weighted by Crippen LogP contribution is -2.52. The Labute approximate surface area is 158 Å². The van der Waals surface area contributed by atoms with Crippen molar-refractivity contribution in [2.75, 3.05) is 33.2 Å². The number of nitrogens with one attached hydrogen (secondary N) is 2. The molecule has 5 nitrogen and oxygen atoms in total. The van der Waals surface area contributed by atoms with Gasteiger partial charge in [-0.05, 0) is 25.7 Å². The molecule has 0 atom stereocenters. The summed E-state index contributed by atoms with van der Waals surface area (Å²) in [5.41, 5.74) is -0.552. The van der Waals surface area contributed by atoms with Crippen LogP contribution in [0.2, 0.25) is 0 Å². The van der Waals surface area contributed by atoms with E-state index in [9.17, 15) is 5.11 Å². The maximum Gasteiger partial charge on any atom is 0.191 e. The standard InChI is InChI=1S/C17H32N4O.HI/c1-3-11-21-12-7-15(8-13-21)20-16(18-2)19-14-17(22)9-5-4-6-10-17;/h3,15,22H,1,4-14H2,2H3,(H2,18,19,20);1H. The summed E-state index contributed by atoms with van der Waals surface area (Å²) in [7, 11) is 1.80.